The number of rotatable bonds is 4. The van der Waals surface area contributed by atoms with Crippen LogP contribution < -0.4 is 10.6 Å². The molecule has 1 heterocycles. The van der Waals surface area contributed by atoms with Crippen LogP contribution in [0.5, 0.6) is 0 Å². The van der Waals surface area contributed by atoms with Crippen molar-refractivity contribution in [2.75, 3.05) is 10.6 Å². The number of hydrogen-bond acceptors (Lipinski definition) is 4. The van der Waals surface area contributed by atoms with Gasteiger partial charge in [0, 0.05) is 12.1 Å². The molecule has 7 heteroatoms. The standard InChI is InChI=1S/C17H13F3N4/c1-10-21-16(23-14-5-3-2-4-12(14)19)9-17(22-10)24-15-7-6-11(18)8-13(15)20/h2-9H,1H3,(H2,21,22,23,24). The second kappa shape index (κ2) is 6.57. The van der Waals surface area contributed by atoms with Gasteiger partial charge in [-0.1, -0.05) is 12.1 Å². The first-order chi connectivity index (χ1) is 11.5. The van der Waals surface area contributed by atoms with Crippen LogP contribution >= 0.6 is 0 Å². The van der Waals surface area contributed by atoms with Gasteiger partial charge in [-0.15, -0.1) is 0 Å². The first-order valence-electron chi connectivity index (χ1n) is 7.10. The number of anilines is 4. The molecule has 0 aliphatic heterocycles. The van der Waals surface area contributed by atoms with Crippen molar-refractivity contribution >= 4 is 23.0 Å². The molecular formula is C17H13F3N4. The Balaban J connectivity index is 1.87. The number of nitrogens with one attached hydrogen (secondary N) is 2. The highest BCUT2D eigenvalue weighted by atomic mass is 19.1. The molecule has 2 N–H and O–H groups in total. The van der Waals surface area contributed by atoms with E-state index in [4.69, 9.17) is 0 Å². The molecule has 0 spiro atoms. The molecule has 0 aliphatic rings. The average Bonchev–Trinajstić information content (AvgIpc) is 2.52. The number of nitrogens with zero attached hydrogens (tertiary/aromatic N) is 2. The van der Waals surface area contributed by atoms with Crippen LogP contribution in [0.1, 0.15) is 5.82 Å². The van der Waals surface area contributed by atoms with Gasteiger partial charge < -0.3 is 10.6 Å². The fourth-order valence-corrected chi connectivity index (χ4v) is 2.13. The monoisotopic (exact) mass is 330 g/mol. The summed E-state index contributed by atoms with van der Waals surface area (Å²) in [6.07, 6.45) is 0. The summed E-state index contributed by atoms with van der Waals surface area (Å²) in [5.74, 6) is -0.785. The zero-order chi connectivity index (χ0) is 17.1. The highest BCUT2D eigenvalue weighted by Crippen LogP contribution is 2.23. The molecule has 2 aromatic carbocycles. The Bertz CT molecular complexity index is 883. The van der Waals surface area contributed by atoms with Crippen LogP contribution in [0.2, 0.25) is 0 Å². The summed E-state index contributed by atoms with van der Waals surface area (Å²) in [7, 11) is 0. The number of hydrogen-bond donors (Lipinski definition) is 2. The van der Waals surface area contributed by atoms with Gasteiger partial charge in [-0.2, -0.15) is 0 Å². The SMILES string of the molecule is Cc1nc(Nc2ccccc2F)cc(Nc2ccc(F)cc2F)n1. The summed E-state index contributed by atoms with van der Waals surface area (Å²) in [6.45, 7) is 1.65. The molecule has 0 aliphatic carbocycles. The van der Waals surface area contributed by atoms with E-state index in [0.29, 0.717) is 17.5 Å². The second-order valence-corrected chi connectivity index (χ2v) is 5.04. The molecule has 24 heavy (non-hydrogen) atoms. The molecule has 0 saturated heterocycles. The van der Waals surface area contributed by atoms with Crippen molar-refractivity contribution in [3.8, 4) is 0 Å². The van der Waals surface area contributed by atoms with E-state index < -0.39 is 17.5 Å². The summed E-state index contributed by atoms with van der Waals surface area (Å²) in [6, 6.07) is 10.8. The van der Waals surface area contributed by atoms with Crippen molar-refractivity contribution in [3.05, 3.63) is 71.8 Å². The van der Waals surface area contributed by atoms with E-state index in [-0.39, 0.29) is 11.4 Å². The van der Waals surface area contributed by atoms with Gasteiger partial charge in [0.2, 0.25) is 0 Å². The molecule has 3 aromatic rings. The summed E-state index contributed by atoms with van der Waals surface area (Å²) < 4.78 is 40.4. The Morgan fingerprint density at radius 2 is 1.38 bits per heavy atom. The molecule has 0 radical (unpaired) electrons. The number of benzene rings is 2. The zero-order valence-corrected chi connectivity index (χ0v) is 12.6. The van der Waals surface area contributed by atoms with Crippen LogP contribution in [0.4, 0.5) is 36.2 Å². The minimum Gasteiger partial charge on any atom is -0.338 e. The lowest BCUT2D eigenvalue weighted by atomic mass is 10.3. The van der Waals surface area contributed by atoms with Gasteiger partial charge in [-0.3, -0.25) is 0 Å². The second-order valence-electron chi connectivity index (χ2n) is 5.04. The molecular weight excluding hydrogens is 317 g/mol. The van der Waals surface area contributed by atoms with E-state index in [1.54, 1.807) is 25.1 Å². The van der Waals surface area contributed by atoms with E-state index >= 15 is 0 Å². The van der Waals surface area contributed by atoms with E-state index in [2.05, 4.69) is 20.6 Å². The van der Waals surface area contributed by atoms with E-state index in [0.717, 1.165) is 12.1 Å². The van der Waals surface area contributed by atoms with Crippen molar-refractivity contribution < 1.29 is 13.2 Å². The third-order valence-electron chi connectivity index (χ3n) is 3.17. The number of halogens is 3. The highest BCUT2D eigenvalue weighted by molar-refractivity contribution is 5.63. The minimum absolute atomic E-state index is 0.0753. The topological polar surface area (TPSA) is 49.8 Å². The Labute approximate surface area is 136 Å². The van der Waals surface area contributed by atoms with Crippen LogP contribution in [0.3, 0.4) is 0 Å². The van der Waals surface area contributed by atoms with Crippen LogP contribution in [-0.2, 0) is 0 Å². The van der Waals surface area contributed by atoms with Crippen molar-refractivity contribution in [1.29, 1.82) is 0 Å². The van der Waals surface area contributed by atoms with Gasteiger partial charge in [-0.05, 0) is 31.2 Å². The average molecular weight is 330 g/mol. The van der Waals surface area contributed by atoms with Crippen LogP contribution in [-0.4, -0.2) is 9.97 Å². The maximum absolute atomic E-state index is 13.7. The van der Waals surface area contributed by atoms with Crippen molar-refractivity contribution in [2.45, 2.75) is 6.92 Å². The van der Waals surface area contributed by atoms with Crippen molar-refractivity contribution in [1.82, 2.24) is 9.97 Å². The first-order valence-corrected chi connectivity index (χ1v) is 7.10. The molecule has 3 rings (SSSR count). The van der Waals surface area contributed by atoms with Crippen LogP contribution in [0, 0.1) is 24.4 Å². The third kappa shape index (κ3) is 3.62. The number of aromatic nitrogens is 2. The Hall–Kier alpha value is -3.09. The summed E-state index contributed by atoms with van der Waals surface area (Å²) >= 11 is 0. The Morgan fingerprint density at radius 1 is 0.750 bits per heavy atom. The first kappa shape index (κ1) is 15.8. The summed E-state index contributed by atoms with van der Waals surface area (Å²) in [5, 5.41) is 5.60. The fourth-order valence-electron chi connectivity index (χ4n) is 2.13. The maximum atomic E-state index is 13.7. The smallest absolute Gasteiger partial charge is 0.149 e. The molecule has 0 bridgehead atoms. The lowest BCUT2D eigenvalue weighted by Crippen LogP contribution is -2.03. The van der Waals surface area contributed by atoms with Crippen LogP contribution in [0.15, 0.2) is 48.5 Å². The van der Waals surface area contributed by atoms with Gasteiger partial charge in [0.05, 0.1) is 11.4 Å². The quantitative estimate of drug-likeness (QED) is 0.729. The summed E-state index contributed by atoms with van der Waals surface area (Å²) in [4.78, 5) is 8.31. The number of para-hydroxylation sites is 1. The predicted octanol–water partition coefficient (Wildman–Crippen LogP) is 4.69. The lowest BCUT2D eigenvalue weighted by molar-refractivity contribution is 0.586. The molecule has 0 fully saturated rings. The van der Waals surface area contributed by atoms with Gasteiger partial charge >= 0.3 is 0 Å². The highest BCUT2D eigenvalue weighted by Gasteiger charge is 2.08. The van der Waals surface area contributed by atoms with E-state index in [1.165, 1.54) is 18.2 Å². The van der Waals surface area contributed by atoms with Crippen molar-refractivity contribution in [3.63, 3.8) is 0 Å². The largest absolute Gasteiger partial charge is 0.338 e. The van der Waals surface area contributed by atoms with Gasteiger partial charge in [0.1, 0.15) is 34.9 Å². The molecule has 122 valence electrons. The van der Waals surface area contributed by atoms with Crippen LogP contribution in [0.25, 0.3) is 0 Å². The normalized spacial score (nSPS) is 10.5. The molecule has 0 atom stereocenters. The molecule has 0 amide bonds. The van der Waals surface area contributed by atoms with Gasteiger partial charge in [-0.25, -0.2) is 23.1 Å². The lowest BCUT2D eigenvalue weighted by Gasteiger charge is -2.11. The molecule has 0 saturated carbocycles. The predicted molar refractivity (Wildman–Crippen MR) is 86.1 cm³/mol. The van der Waals surface area contributed by atoms with Gasteiger partial charge in [0.15, 0.2) is 0 Å². The van der Waals surface area contributed by atoms with Gasteiger partial charge in [0.25, 0.3) is 0 Å². The van der Waals surface area contributed by atoms with E-state index in [9.17, 15) is 13.2 Å². The molecule has 0 unspecified atom stereocenters. The molecule has 1 aromatic heterocycles. The third-order valence-corrected chi connectivity index (χ3v) is 3.17. The zero-order valence-electron chi connectivity index (χ0n) is 12.6. The Morgan fingerprint density at radius 3 is 2.00 bits per heavy atom. The van der Waals surface area contributed by atoms with E-state index in [1.807, 2.05) is 0 Å². The summed E-state index contributed by atoms with van der Waals surface area (Å²) in [5.41, 5.74) is 0.334. The maximum Gasteiger partial charge on any atom is 0.149 e. The Kier molecular flexibility index (Phi) is 4.33. The number of aryl methyl sites for hydroxylation is 1. The van der Waals surface area contributed by atoms with Crippen molar-refractivity contribution in [2.24, 2.45) is 0 Å². The fraction of sp³-hybridized carbons (Fsp3) is 0.0588. The minimum atomic E-state index is -0.741. The molecule has 4 nitrogen and oxygen atoms in total.